The minimum atomic E-state index is 0.657. The van der Waals surface area contributed by atoms with Crippen molar-refractivity contribution in [2.24, 2.45) is 0 Å². The molecule has 0 unspecified atom stereocenters. The summed E-state index contributed by atoms with van der Waals surface area (Å²) in [6.45, 7) is 8.96. The second-order valence-electron chi connectivity index (χ2n) is 4.82. The van der Waals surface area contributed by atoms with Gasteiger partial charge in [0.25, 0.3) is 0 Å². The Labute approximate surface area is 121 Å². The molecule has 0 aromatic carbocycles. The molecule has 3 aromatic rings. The highest BCUT2D eigenvalue weighted by molar-refractivity contribution is 7.18. The maximum Gasteiger partial charge on any atom is 0.226 e. The van der Waals surface area contributed by atoms with Crippen LogP contribution in [-0.2, 0) is 0 Å². The fourth-order valence-corrected chi connectivity index (χ4v) is 3.14. The van der Waals surface area contributed by atoms with E-state index in [1.54, 1.807) is 11.3 Å². The molecule has 0 radical (unpaired) electrons. The molecule has 3 aromatic heterocycles. The zero-order valence-corrected chi connectivity index (χ0v) is 12.9. The van der Waals surface area contributed by atoms with Crippen LogP contribution in [0.2, 0.25) is 0 Å². The maximum atomic E-state index is 4.63. The predicted molar refractivity (Wildman–Crippen MR) is 82.9 cm³/mol. The molecule has 0 aliphatic rings. The average Bonchev–Trinajstić information content (AvgIpc) is 2.90. The van der Waals surface area contributed by atoms with Crippen LogP contribution >= 0.6 is 11.3 Å². The number of hydrogen-bond donors (Lipinski definition) is 1. The highest BCUT2D eigenvalue weighted by atomic mass is 32.1. The van der Waals surface area contributed by atoms with E-state index in [0.29, 0.717) is 5.95 Å². The SMILES string of the molecule is CCNc1nc(-n2nc(C)cc2C)c2cc(C)sc2n1. The molecule has 3 heterocycles. The summed E-state index contributed by atoms with van der Waals surface area (Å²) in [5.41, 5.74) is 2.07. The highest BCUT2D eigenvalue weighted by Crippen LogP contribution is 2.29. The molecule has 1 N–H and O–H groups in total. The summed E-state index contributed by atoms with van der Waals surface area (Å²) in [6, 6.07) is 4.18. The van der Waals surface area contributed by atoms with Crippen LogP contribution in [0.1, 0.15) is 23.2 Å². The number of nitrogens with one attached hydrogen (secondary N) is 1. The van der Waals surface area contributed by atoms with Gasteiger partial charge in [0.2, 0.25) is 5.95 Å². The van der Waals surface area contributed by atoms with Gasteiger partial charge in [0.05, 0.1) is 11.1 Å². The first kappa shape index (κ1) is 13.1. The largest absolute Gasteiger partial charge is 0.354 e. The Kier molecular flexibility index (Phi) is 3.17. The Morgan fingerprint density at radius 3 is 2.65 bits per heavy atom. The molecule has 104 valence electrons. The van der Waals surface area contributed by atoms with Crippen LogP contribution in [0, 0.1) is 20.8 Å². The van der Waals surface area contributed by atoms with Gasteiger partial charge in [-0.25, -0.2) is 9.67 Å². The third kappa shape index (κ3) is 2.16. The number of aromatic nitrogens is 4. The molecule has 3 rings (SSSR count). The molecule has 0 aliphatic carbocycles. The molecular formula is C14H17N5S. The maximum absolute atomic E-state index is 4.63. The number of thiophene rings is 1. The molecule has 0 amide bonds. The molecule has 0 atom stereocenters. The molecular weight excluding hydrogens is 270 g/mol. The molecule has 5 nitrogen and oxygen atoms in total. The van der Waals surface area contributed by atoms with E-state index in [2.05, 4.69) is 39.4 Å². The molecule has 0 aliphatic heterocycles. The zero-order chi connectivity index (χ0) is 14.3. The molecule has 6 heteroatoms. The lowest BCUT2D eigenvalue weighted by Crippen LogP contribution is -2.08. The number of nitrogens with zero attached hydrogens (tertiary/aromatic N) is 4. The zero-order valence-electron chi connectivity index (χ0n) is 12.1. The number of aryl methyl sites for hydroxylation is 3. The van der Waals surface area contributed by atoms with Crippen LogP contribution in [0.3, 0.4) is 0 Å². The topological polar surface area (TPSA) is 55.6 Å². The van der Waals surface area contributed by atoms with Crippen molar-refractivity contribution in [3.8, 4) is 5.82 Å². The van der Waals surface area contributed by atoms with Crippen LogP contribution < -0.4 is 5.32 Å². The normalized spacial score (nSPS) is 11.2. The van der Waals surface area contributed by atoms with E-state index in [4.69, 9.17) is 0 Å². The van der Waals surface area contributed by atoms with Crippen molar-refractivity contribution in [2.75, 3.05) is 11.9 Å². The molecule has 0 fully saturated rings. The average molecular weight is 287 g/mol. The van der Waals surface area contributed by atoms with E-state index in [9.17, 15) is 0 Å². The predicted octanol–water partition coefficient (Wildman–Crippen LogP) is 3.23. The second-order valence-corrected chi connectivity index (χ2v) is 6.05. The lowest BCUT2D eigenvalue weighted by Gasteiger charge is -2.08. The van der Waals surface area contributed by atoms with Crippen LogP contribution in [-0.4, -0.2) is 26.3 Å². The summed E-state index contributed by atoms with van der Waals surface area (Å²) in [7, 11) is 0. The lowest BCUT2D eigenvalue weighted by molar-refractivity contribution is 0.811. The van der Waals surface area contributed by atoms with E-state index in [-0.39, 0.29) is 0 Å². The third-order valence-electron chi connectivity index (χ3n) is 3.04. The Balaban J connectivity index is 2.29. The number of fused-ring (bicyclic) bond motifs is 1. The Bertz CT molecular complexity index is 771. The number of anilines is 1. The van der Waals surface area contributed by atoms with E-state index in [0.717, 1.165) is 34.0 Å². The minimum absolute atomic E-state index is 0.657. The lowest BCUT2D eigenvalue weighted by atomic mass is 10.3. The summed E-state index contributed by atoms with van der Waals surface area (Å²) in [5.74, 6) is 1.50. The van der Waals surface area contributed by atoms with Crippen molar-refractivity contribution in [2.45, 2.75) is 27.7 Å². The van der Waals surface area contributed by atoms with E-state index < -0.39 is 0 Å². The molecule has 20 heavy (non-hydrogen) atoms. The molecule has 0 saturated heterocycles. The smallest absolute Gasteiger partial charge is 0.226 e. The van der Waals surface area contributed by atoms with Gasteiger partial charge < -0.3 is 5.32 Å². The van der Waals surface area contributed by atoms with Crippen LogP contribution in [0.15, 0.2) is 12.1 Å². The van der Waals surface area contributed by atoms with Crippen molar-refractivity contribution in [1.82, 2.24) is 19.7 Å². The van der Waals surface area contributed by atoms with Gasteiger partial charge in [-0.1, -0.05) is 0 Å². The van der Waals surface area contributed by atoms with Gasteiger partial charge >= 0.3 is 0 Å². The quantitative estimate of drug-likeness (QED) is 0.803. The van der Waals surface area contributed by atoms with Gasteiger partial charge in [-0.2, -0.15) is 10.1 Å². The fraction of sp³-hybridized carbons (Fsp3) is 0.357. The van der Waals surface area contributed by atoms with Crippen LogP contribution in [0.5, 0.6) is 0 Å². The van der Waals surface area contributed by atoms with Gasteiger partial charge in [0.15, 0.2) is 5.82 Å². The van der Waals surface area contributed by atoms with E-state index in [1.165, 1.54) is 4.88 Å². The van der Waals surface area contributed by atoms with Crippen molar-refractivity contribution in [3.63, 3.8) is 0 Å². The Morgan fingerprint density at radius 1 is 1.20 bits per heavy atom. The van der Waals surface area contributed by atoms with E-state index >= 15 is 0 Å². The molecule has 0 saturated carbocycles. The first-order valence-corrected chi connectivity index (χ1v) is 7.46. The Hall–Kier alpha value is -1.95. The van der Waals surface area contributed by atoms with Crippen LogP contribution in [0.25, 0.3) is 16.0 Å². The third-order valence-corrected chi connectivity index (χ3v) is 3.99. The van der Waals surface area contributed by atoms with Gasteiger partial charge in [0, 0.05) is 17.1 Å². The van der Waals surface area contributed by atoms with Crippen molar-refractivity contribution >= 4 is 27.5 Å². The molecule has 0 bridgehead atoms. The first-order chi connectivity index (χ1) is 9.58. The fourth-order valence-electron chi connectivity index (χ4n) is 2.27. The summed E-state index contributed by atoms with van der Waals surface area (Å²) in [5, 5.41) is 8.79. The van der Waals surface area contributed by atoms with Crippen molar-refractivity contribution in [3.05, 3.63) is 28.4 Å². The van der Waals surface area contributed by atoms with Gasteiger partial charge in [-0.15, -0.1) is 11.3 Å². The monoisotopic (exact) mass is 287 g/mol. The van der Waals surface area contributed by atoms with Crippen molar-refractivity contribution < 1.29 is 0 Å². The van der Waals surface area contributed by atoms with E-state index in [1.807, 2.05) is 25.5 Å². The minimum Gasteiger partial charge on any atom is -0.354 e. The Morgan fingerprint density at radius 2 is 2.00 bits per heavy atom. The standard InChI is InChI=1S/C14H17N5S/c1-5-15-14-16-12(19-9(3)6-8(2)18-19)11-7-10(4)20-13(11)17-14/h6-7H,5H2,1-4H3,(H,15,16,17). The van der Waals surface area contributed by atoms with Crippen LogP contribution in [0.4, 0.5) is 5.95 Å². The van der Waals surface area contributed by atoms with Gasteiger partial charge in [-0.3, -0.25) is 0 Å². The summed E-state index contributed by atoms with van der Waals surface area (Å²) in [4.78, 5) is 11.4. The summed E-state index contributed by atoms with van der Waals surface area (Å²) < 4.78 is 1.90. The summed E-state index contributed by atoms with van der Waals surface area (Å²) in [6.07, 6.45) is 0. The van der Waals surface area contributed by atoms with Crippen molar-refractivity contribution in [1.29, 1.82) is 0 Å². The van der Waals surface area contributed by atoms with Gasteiger partial charge in [-0.05, 0) is 39.8 Å². The number of rotatable bonds is 3. The molecule has 0 spiro atoms. The first-order valence-electron chi connectivity index (χ1n) is 6.64. The van der Waals surface area contributed by atoms with Gasteiger partial charge in [0.1, 0.15) is 4.83 Å². The highest BCUT2D eigenvalue weighted by Gasteiger charge is 2.14. The number of hydrogen-bond acceptors (Lipinski definition) is 5. The second kappa shape index (κ2) is 4.86. The summed E-state index contributed by atoms with van der Waals surface area (Å²) >= 11 is 1.68.